The first-order valence-corrected chi connectivity index (χ1v) is 13.0. The Morgan fingerprint density at radius 3 is 2.26 bits per heavy atom. The van der Waals surface area contributed by atoms with Gasteiger partial charge in [-0.05, 0) is 105 Å². The molecule has 2 N–H and O–H groups in total. The van der Waals surface area contributed by atoms with Crippen LogP contribution in [0.25, 0.3) is 0 Å². The van der Waals surface area contributed by atoms with Crippen LogP contribution in [0.5, 0.6) is 0 Å². The Labute approximate surface area is 190 Å². The van der Waals surface area contributed by atoms with Crippen molar-refractivity contribution in [2.75, 3.05) is 7.11 Å². The highest BCUT2D eigenvalue weighted by molar-refractivity contribution is 5.71. The zero-order chi connectivity index (χ0) is 23.0. The molecule has 0 bridgehead atoms. The molecule has 4 unspecified atom stereocenters. The Balaban J connectivity index is 1.81. The monoisotopic (exact) mass is 436 g/mol. The van der Waals surface area contributed by atoms with Crippen molar-refractivity contribution >= 4 is 5.97 Å². The predicted molar refractivity (Wildman–Crippen MR) is 124 cm³/mol. The molecule has 0 heterocycles. The van der Waals surface area contributed by atoms with Crippen LogP contribution in [0.1, 0.15) is 98.8 Å². The number of esters is 1. The topological polar surface area (TPSA) is 66.8 Å². The van der Waals surface area contributed by atoms with E-state index in [0.29, 0.717) is 29.6 Å². The maximum absolute atomic E-state index is 12.0. The molecule has 0 saturated heterocycles. The number of carbonyl (C=O) groups is 1. The molecule has 0 aromatic rings. The largest absolute Gasteiger partial charge is 0.469 e. The molecule has 31 heavy (non-hydrogen) atoms. The molecular formula is C27H48O4. The fourth-order valence-electron chi connectivity index (χ4n) is 8.44. The van der Waals surface area contributed by atoms with E-state index in [9.17, 15) is 15.0 Å². The van der Waals surface area contributed by atoms with E-state index in [-0.39, 0.29) is 34.9 Å². The van der Waals surface area contributed by atoms with Crippen LogP contribution < -0.4 is 0 Å². The molecule has 0 amide bonds. The zero-order valence-electron chi connectivity index (χ0n) is 20.9. The maximum Gasteiger partial charge on any atom is 0.308 e. The summed E-state index contributed by atoms with van der Waals surface area (Å²) in [5.41, 5.74) is 0.488. The van der Waals surface area contributed by atoms with E-state index in [1.165, 1.54) is 32.8 Å². The van der Waals surface area contributed by atoms with Crippen LogP contribution in [-0.2, 0) is 9.53 Å². The zero-order valence-corrected chi connectivity index (χ0v) is 20.9. The number of methoxy groups -OCH3 is 1. The van der Waals surface area contributed by atoms with Gasteiger partial charge in [-0.2, -0.15) is 0 Å². The Hall–Kier alpha value is -0.610. The van der Waals surface area contributed by atoms with E-state index in [1.54, 1.807) is 0 Å². The molecule has 0 spiro atoms. The van der Waals surface area contributed by atoms with E-state index in [1.807, 2.05) is 6.92 Å². The average Bonchev–Trinajstić information content (AvgIpc) is 3.11. The number of fused-ring (bicyclic) bond motifs is 1. The first kappa shape index (κ1) is 25.0. The summed E-state index contributed by atoms with van der Waals surface area (Å²) >= 11 is 0. The van der Waals surface area contributed by atoms with Crippen molar-refractivity contribution in [3.8, 4) is 0 Å². The lowest BCUT2D eigenvalue weighted by Gasteiger charge is -2.57. The van der Waals surface area contributed by atoms with E-state index in [0.717, 1.165) is 38.5 Å². The fourth-order valence-corrected chi connectivity index (χ4v) is 8.44. The minimum absolute atomic E-state index is 0.0522. The van der Waals surface area contributed by atoms with Crippen molar-refractivity contribution in [3.63, 3.8) is 0 Å². The summed E-state index contributed by atoms with van der Waals surface area (Å²) in [6.07, 6.45) is 10.2. The summed E-state index contributed by atoms with van der Waals surface area (Å²) in [5, 5.41) is 21.4. The van der Waals surface area contributed by atoms with Gasteiger partial charge in [0.05, 0.1) is 25.2 Å². The molecule has 3 saturated carbocycles. The van der Waals surface area contributed by atoms with E-state index < -0.39 is 0 Å². The van der Waals surface area contributed by atoms with Crippen LogP contribution in [0.4, 0.5) is 0 Å². The fraction of sp³-hybridized carbons (Fsp3) is 0.963. The van der Waals surface area contributed by atoms with Crippen LogP contribution in [0.3, 0.4) is 0 Å². The van der Waals surface area contributed by atoms with Gasteiger partial charge in [0.25, 0.3) is 0 Å². The number of carbonyl (C=O) groups excluding carboxylic acids is 1. The highest BCUT2D eigenvalue weighted by Gasteiger charge is 2.59. The lowest BCUT2D eigenvalue weighted by atomic mass is 9.49. The first-order chi connectivity index (χ1) is 14.6. The van der Waals surface area contributed by atoms with Crippen molar-refractivity contribution in [3.05, 3.63) is 0 Å². The van der Waals surface area contributed by atoms with Crippen molar-refractivity contribution in [1.82, 2.24) is 0 Å². The lowest BCUT2D eigenvalue weighted by molar-refractivity contribution is -0.146. The van der Waals surface area contributed by atoms with Gasteiger partial charge in [0, 0.05) is 0 Å². The smallest absolute Gasteiger partial charge is 0.308 e. The van der Waals surface area contributed by atoms with E-state index in [2.05, 4.69) is 27.7 Å². The second kappa shape index (κ2) is 9.71. The third-order valence-corrected chi connectivity index (χ3v) is 10.3. The Morgan fingerprint density at radius 2 is 1.68 bits per heavy atom. The van der Waals surface area contributed by atoms with Gasteiger partial charge in [0.2, 0.25) is 0 Å². The number of ether oxygens (including phenoxy) is 1. The summed E-state index contributed by atoms with van der Waals surface area (Å²) in [4.78, 5) is 12.0. The molecule has 3 aliphatic carbocycles. The van der Waals surface area contributed by atoms with Crippen LogP contribution >= 0.6 is 0 Å². The molecule has 0 aliphatic heterocycles. The standard InChI is InChI=1S/C27H48O4/c1-7-23(29)24-21(26(4)13-10-19(28)11-14-26)12-15-27(5)20(8-9-22(24)27)17(2)16-18(3)25(30)31-6/h17-24,28-29H,7-16H2,1-6H3/t17-,18+,19-,20?,21?,22?,23-,24?,26+,27-/m1/s1. The van der Waals surface area contributed by atoms with Crippen LogP contribution in [0.2, 0.25) is 0 Å². The highest BCUT2D eigenvalue weighted by atomic mass is 16.5. The van der Waals surface area contributed by atoms with E-state index >= 15 is 0 Å². The third-order valence-electron chi connectivity index (χ3n) is 10.3. The molecule has 0 radical (unpaired) electrons. The predicted octanol–water partition coefficient (Wildman–Crippen LogP) is 5.59. The number of hydrogen-bond donors (Lipinski definition) is 2. The molecule has 0 aromatic heterocycles. The van der Waals surface area contributed by atoms with Gasteiger partial charge in [0.15, 0.2) is 0 Å². The summed E-state index contributed by atoms with van der Waals surface area (Å²) in [6, 6.07) is 0. The molecule has 4 heteroatoms. The van der Waals surface area contributed by atoms with Gasteiger partial charge in [-0.15, -0.1) is 0 Å². The summed E-state index contributed by atoms with van der Waals surface area (Å²) in [6.45, 7) is 11.4. The molecule has 3 fully saturated rings. The molecule has 4 nitrogen and oxygen atoms in total. The maximum atomic E-state index is 12.0. The molecule has 8 atom stereocenters. The third kappa shape index (κ3) is 4.71. The SMILES string of the molecule is CC[C@@H](O)C1C2CCC([C@H](C)C[C@H](C)C(=O)OC)[C@@]2(C)CCC1[C@]1(C)CC[C@H](O)CC1. The normalized spacial score (nSPS) is 43.7. The van der Waals surface area contributed by atoms with Crippen LogP contribution in [-0.4, -0.2) is 35.5 Å². The molecule has 180 valence electrons. The second-order valence-electron chi connectivity index (χ2n) is 12.0. The summed E-state index contributed by atoms with van der Waals surface area (Å²) < 4.78 is 4.98. The van der Waals surface area contributed by atoms with Crippen molar-refractivity contribution < 1.29 is 19.7 Å². The minimum Gasteiger partial charge on any atom is -0.469 e. The number of rotatable bonds is 7. The van der Waals surface area contributed by atoms with E-state index in [4.69, 9.17) is 4.74 Å². The van der Waals surface area contributed by atoms with Crippen LogP contribution in [0.15, 0.2) is 0 Å². The molecule has 3 rings (SSSR count). The minimum atomic E-state index is -0.235. The summed E-state index contributed by atoms with van der Waals surface area (Å²) in [7, 11) is 1.49. The number of aliphatic hydroxyl groups is 2. The van der Waals surface area contributed by atoms with Gasteiger partial charge >= 0.3 is 5.97 Å². The van der Waals surface area contributed by atoms with Crippen molar-refractivity contribution in [2.45, 2.75) is 111 Å². The van der Waals surface area contributed by atoms with Crippen molar-refractivity contribution in [1.29, 1.82) is 0 Å². The molecular weight excluding hydrogens is 388 g/mol. The number of aliphatic hydroxyl groups excluding tert-OH is 2. The first-order valence-electron chi connectivity index (χ1n) is 13.0. The average molecular weight is 437 g/mol. The quantitative estimate of drug-likeness (QED) is 0.510. The summed E-state index contributed by atoms with van der Waals surface area (Å²) in [5.74, 6) is 2.42. The van der Waals surface area contributed by atoms with Gasteiger partial charge in [-0.3, -0.25) is 4.79 Å². The van der Waals surface area contributed by atoms with Crippen molar-refractivity contribution in [2.24, 2.45) is 46.3 Å². The Kier molecular flexibility index (Phi) is 7.84. The Bertz CT molecular complexity index is 610. The van der Waals surface area contributed by atoms with Gasteiger partial charge < -0.3 is 14.9 Å². The lowest BCUT2D eigenvalue weighted by Crippen LogP contribution is -2.52. The van der Waals surface area contributed by atoms with Crippen LogP contribution in [0, 0.1) is 46.3 Å². The molecule has 3 aliphatic rings. The highest BCUT2D eigenvalue weighted by Crippen LogP contribution is 2.65. The second-order valence-corrected chi connectivity index (χ2v) is 12.0. The van der Waals surface area contributed by atoms with Gasteiger partial charge in [-0.25, -0.2) is 0 Å². The van der Waals surface area contributed by atoms with Gasteiger partial charge in [-0.1, -0.05) is 34.6 Å². The molecule has 0 aromatic carbocycles. The number of hydrogen-bond acceptors (Lipinski definition) is 4. The Morgan fingerprint density at radius 1 is 1.03 bits per heavy atom. The van der Waals surface area contributed by atoms with Gasteiger partial charge in [0.1, 0.15) is 0 Å².